The Morgan fingerprint density at radius 1 is 1.00 bits per heavy atom. The minimum absolute atomic E-state index is 0.00833. The number of carbonyl (C=O) groups excluding carboxylic acids is 1. The van der Waals surface area contributed by atoms with Crippen LogP contribution in [0.3, 0.4) is 0 Å². The third kappa shape index (κ3) is 5.25. The van der Waals surface area contributed by atoms with Crippen molar-refractivity contribution in [3.63, 3.8) is 0 Å². The Bertz CT molecular complexity index is 1580. The number of nitrogens with zero attached hydrogens (tertiary/aromatic N) is 1. The van der Waals surface area contributed by atoms with Crippen LogP contribution >= 0.6 is 11.3 Å². The highest BCUT2D eigenvalue weighted by Gasteiger charge is 2.52. The van der Waals surface area contributed by atoms with Gasteiger partial charge in [0.05, 0.1) is 28.5 Å². The van der Waals surface area contributed by atoms with Gasteiger partial charge in [0.2, 0.25) is 0 Å². The molecule has 2 heterocycles. The number of nitrogens with one attached hydrogen (secondary N) is 1. The van der Waals surface area contributed by atoms with Crippen LogP contribution in [0.25, 0.3) is 27.4 Å². The Morgan fingerprint density at radius 3 is 2.27 bits per heavy atom. The highest BCUT2D eigenvalue weighted by atomic mass is 32.1. The number of ether oxygens (including phenoxy) is 2. The molecule has 41 heavy (non-hydrogen) atoms. The number of hydrogen-bond acceptors (Lipinski definition) is 7. The second-order valence-corrected chi connectivity index (χ2v) is 12.4. The van der Waals surface area contributed by atoms with Crippen LogP contribution in [0.4, 0.5) is 4.79 Å². The molecule has 1 aliphatic carbocycles. The first kappa shape index (κ1) is 27.5. The lowest BCUT2D eigenvalue weighted by atomic mass is 9.77. The van der Waals surface area contributed by atoms with Crippen molar-refractivity contribution < 1.29 is 23.6 Å². The summed E-state index contributed by atoms with van der Waals surface area (Å²) in [4.78, 5) is 17.8. The number of alkyl carbamates (subject to hydrolysis) is 1. The number of amides is 1. The summed E-state index contributed by atoms with van der Waals surface area (Å²) in [5.74, 6) is 0.769. The number of fused-ring (bicyclic) bond motifs is 4. The van der Waals surface area contributed by atoms with Crippen LogP contribution < -0.4 is 10.1 Å². The van der Waals surface area contributed by atoms with Crippen LogP contribution in [0.1, 0.15) is 49.7 Å². The van der Waals surface area contributed by atoms with Crippen LogP contribution in [-0.4, -0.2) is 49.7 Å². The summed E-state index contributed by atoms with van der Waals surface area (Å²) in [7, 11) is 1.00. The summed E-state index contributed by atoms with van der Waals surface area (Å²) in [5.41, 5.74) is 5.30. The predicted octanol–water partition coefficient (Wildman–Crippen LogP) is 6.86. The molecule has 0 saturated carbocycles. The van der Waals surface area contributed by atoms with E-state index in [1.807, 2.05) is 76.2 Å². The van der Waals surface area contributed by atoms with Gasteiger partial charge in [0.15, 0.2) is 0 Å². The third-order valence-electron chi connectivity index (χ3n) is 8.26. The first-order valence-corrected chi connectivity index (χ1v) is 14.6. The first-order chi connectivity index (χ1) is 19.6. The fraction of sp³-hybridized carbons (Fsp3) is 0.312. The molecular formula is C32H33BN2O5S. The zero-order valence-electron chi connectivity index (χ0n) is 23.9. The average molecular weight is 569 g/mol. The normalized spacial score (nSPS) is 17.4. The van der Waals surface area contributed by atoms with Gasteiger partial charge in [0.1, 0.15) is 17.4 Å². The van der Waals surface area contributed by atoms with Gasteiger partial charge in [0.25, 0.3) is 0 Å². The van der Waals surface area contributed by atoms with E-state index in [4.69, 9.17) is 23.8 Å². The molecule has 1 N–H and O–H groups in total. The summed E-state index contributed by atoms with van der Waals surface area (Å²) in [6, 6.07) is 22.4. The van der Waals surface area contributed by atoms with Crippen molar-refractivity contribution in [2.24, 2.45) is 0 Å². The molecule has 0 unspecified atom stereocenters. The summed E-state index contributed by atoms with van der Waals surface area (Å²) in [5, 5.41) is 3.71. The van der Waals surface area contributed by atoms with E-state index < -0.39 is 24.4 Å². The zero-order chi connectivity index (χ0) is 28.8. The molecule has 0 radical (unpaired) electrons. The number of aromatic nitrogens is 1. The van der Waals surface area contributed by atoms with Gasteiger partial charge in [-0.15, -0.1) is 11.3 Å². The van der Waals surface area contributed by atoms with Crippen molar-refractivity contribution in [2.45, 2.75) is 44.8 Å². The van der Waals surface area contributed by atoms with Crippen LogP contribution in [0.5, 0.6) is 5.75 Å². The van der Waals surface area contributed by atoms with E-state index >= 15 is 0 Å². The molecule has 1 saturated heterocycles. The van der Waals surface area contributed by atoms with Crippen LogP contribution in [0.2, 0.25) is 0 Å². The molecule has 210 valence electrons. The van der Waals surface area contributed by atoms with Gasteiger partial charge in [-0.05, 0) is 79.7 Å². The Kier molecular flexibility index (Phi) is 7.14. The molecule has 2 aliphatic rings. The van der Waals surface area contributed by atoms with Crippen LogP contribution in [0.15, 0.2) is 72.2 Å². The second kappa shape index (κ2) is 10.6. The van der Waals surface area contributed by atoms with Crippen molar-refractivity contribution in [3.8, 4) is 16.9 Å². The van der Waals surface area contributed by atoms with E-state index in [9.17, 15) is 4.79 Å². The highest BCUT2D eigenvalue weighted by Crippen LogP contribution is 2.44. The lowest BCUT2D eigenvalue weighted by Gasteiger charge is -2.32. The maximum atomic E-state index is 13.0. The van der Waals surface area contributed by atoms with Crippen molar-refractivity contribution in [2.75, 3.05) is 20.3 Å². The Hall–Kier alpha value is -3.66. The molecule has 3 aromatic carbocycles. The van der Waals surface area contributed by atoms with E-state index in [2.05, 4.69) is 29.6 Å². The van der Waals surface area contributed by atoms with Gasteiger partial charge in [-0.2, -0.15) is 0 Å². The molecular weight excluding hydrogens is 535 g/mol. The maximum absolute atomic E-state index is 13.0. The molecule has 1 aromatic heterocycles. The van der Waals surface area contributed by atoms with Gasteiger partial charge >= 0.3 is 13.2 Å². The lowest BCUT2D eigenvalue weighted by Crippen LogP contribution is -2.41. The predicted molar refractivity (Wildman–Crippen MR) is 163 cm³/mol. The highest BCUT2D eigenvalue weighted by molar-refractivity contribution is 7.19. The lowest BCUT2D eigenvalue weighted by molar-refractivity contribution is 0.00578. The van der Waals surface area contributed by atoms with E-state index in [0.717, 1.165) is 26.4 Å². The van der Waals surface area contributed by atoms with Crippen molar-refractivity contribution in [1.29, 1.82) is 0 Å². The van der Waals surface area contributed by atoms with Gasteiger partial charge in [-0.3, -0.25) is 0 Å². The van der Waals surface area contributed by atoms with Gasteiger partial charge in [0, 0.05) is 12.5 Å². The number of hydrogen-bond donors (Lipinski definition) is 1. The molecule has 0 atom stereocenters. The topological polar surface area (TPSA) is 78.9 Å². The third-order valence-corrected chi connectivity index (χ3v) is 9.22. The summed E-state index contributed by atoms with van der Waals surface area (Å²) in [6.07, 6.45) is 1.44. The molecule has 6 rings (SSSR count). The standard InChI is InChI=1S/C32H33BN2O5S/c1-31(2)32(3,4)40-33(39-31)20(16-29-35-27-15-14-21(37-5)17-28(27)41-29)18-34-30(36)38-19-26-24-12-8-6-10-22(24)23-11-7-9-13-25(23)26/h6-17,26H,18-19H2,1-5H3,(H,34,36). The van der Waals surface area contributed by atoms with Gasteiger partial charge in [-0.1, -0.05) is 48.5 Å². The number of rotatable bonds is 7. The number of carbonyl (C=O) groups is 1. The maximum Gasteiger partial charge on any atom is 0.492 e. The largest absolute Gasteiger partial charge is 0.497 e. The van der Waals surface area contributed by atoms with Gasteiger partial charge in [-0.25, -0.2) is 9.78 Å². The van der Waals surface area contributed by atoms with E-state index in [0.29, 0.717) is 0 Å². The SMILES string of the molecule is COc1ccc2nc(C=C(CNC(=O)OCC3c4ccccc4-c4ccccc43)B3OC(C)(C)C(C)(C)O3)sc2c1. The van der Waals surface area contributed by atoms with E-state index in [-0.39, 0.29) is 19.1 Å². The Balaban J connectivity index is 1.19. The molecule has 7 nitrogen and oxygen atoms in total. The molecule has 0 bridgehead atoms. The van der Waals surface area contributed by atoms with Crippen LogP contribution in [0, 0.1) is 0 Å². The van der Waals surface area contributed by atoms with Crippen molar-refractivity contribution in [1.82, 2.24) is 10.3 Å². The van der Waals surface area contributed by atoms with Crippen molar-refractivity contribution in [3.05, 3.63) is 88.3 Å². The molecule has 4 aromatic rings. The fourth-order valence-corrected chi connectivity index (χ4v) is 6.26. The molecule has 1 fully saturated rings. The molecule has 1 amide bonds. The van der Waals surface area contributed by atoms with E-state index in [1.165, 1.54) is 33.6 Å². The monoisotopic (exact) mass is 568 g/mol. The molecule has 9 heteroatoms. The molecule has 1 aliphatic heterocycles. The second-order valence-electron chi connectivity index (χ2n) is 11.4. The zero-order valence-corrected chi connectivity index (χ0v) is 24.7. The molecule has 0 spiro atoms. The Morgan fingerprint density at radius 2 is 1.63 bits per heavy atom. The van der Waals surface area contributed by atoms with Crippen LogP contribution in [-0.2, 0) is 14.0 Å². The summed E-state index contributed by atoms with van der Waals surface area (Å²) in [6.45, 7) is 8.46. The van der Waals surface area contributed by atoms with E-state index in [1.54, 1.807) is 7.11 Å². The first-order valence-electron chi connectivity index (χ1n) is 13.7. The summed E-state index contributed by atoms with van der Waals surface area (Å²) < 4.78 is 24.8. The summed E-state index contributed by atoms with van der Waals surface area (Å²) >= 11 is 1.54. The number of thiazole rings is 1. The number of benzene rings is 3. The number of methoxy groups -OCH3 is 1. The minimum Gasteiger partial charge on any atom is -0.497 e. The average Bonchev–Trinajstić information content (AvgIpc) is 3.57. The quantitative estimate of drug-likeness (QED) is 0.246. The Labute approximate surface area is 244 Å². The minimum atomic E-state index is -0.643. The fourth-order valence-electron chi connectivity index (χ4n) is 5.29. The smallest absolute Gasteiger partial charge is 0.492 e. The van der Waals surface area contributed by atoms with Crippen molar-refractivity contribution >= 4 is 40.8 Å². The van der Waals surface area contributed by atoms with Gasteiger partial charge < -0.3 is 24.1 Å².